The molecule has 0 spiro atoms. The number of nitro groups is 1. The van der Waals surface area contributed by atoms with Gasteiger partial charge in [-0.25, -0.2) is 0 Å². The summed E-state index contributed by atoms with van der Waals surface area (Å²) >= 11 is 0. The number of esters is 1. The molecule has 0 N–H and O–H groups in total. The van der Waals surface area contributed by atoms with Crippen molar-refractivity contribution in [2.24, 2.45) is 5.92 Å². The smallest absolute Gasteiger partial charge is 0.310 e. The first-order chi connectivity index (χ1) is 11.4. The number of hydrogen-bond donors (Lipinski definition) is 0. The summed E-state index contributed by atoms with van der Waals surface area (Å²) in [6.07, 6.45) is 3.77. The highest BCUT2D eigenvalue weighted by Crippen LogP contribution is 2.13. The first-order valence-electron chi connectivity index (χ1n) is 7.68. The number of benzene rings is 1. The van der Waals surface area contributed by atoms with E-state index in [2.05, 4.69) is 4.74 Å². The van der Waals surface area contributed by atoms with Crippen molar-refractivity contribution in [3.05, 3.63) is 46.0 Å². The van der Waals surface area contributed by atoms with Gasteiger partial charge in [0.25, 0.3) is 5.69 Å². The Bertz CT molecular complexity index is 610. The van der Waals surface area contributed by atoms with Crippen LogP contribution in [0.25, 0.3) is 6.08 Å². The minimum Gasteiger partial charge on any atom is -0.469 e. The van der Waals surface area contributed by atoms with Crippen LogP contribution in [-0.4, -0.2) is 41.9 Å². The molecule has 0 heterocycles. The van der Waals surface area contributed by atoms with E-state index < -0.39 is 10.8 Å². The van der Waals surface area contributed by atoms with Crippen molar-refractivity contribution >= 4 is 23.6 Å². The lowest BCUT2D eigenvalue weighted by atomic mass is 10.1. The van der Waals surface area contributed by atoms with Gasteiger partial charge >= 0.3 is 5.97 Å². The summed E-state index contributed by atoms with van der Waals surface area (Å²) < 4.78 is 4.68. The van der Waals surface area contributed by atoms with E-state index in [-0.39, 0.29) is 24.1 Å². The maximum atomic E-state index is 12.3. The zero-order valence-corrected chi connectivity index (χ0v) is 14.1. The average molecular weight is 334 g/mol. The number of hydrogen-bond acceptors (Lipinski definition) is 5. The van der Waals surface area contributed by atoms with Crippen molar-refractivity contribution in [1.82, 2.24) is 4.90 Å². The summed E-state index contributed by atoms with van der Waals surface area (Å²) in [4.78, 5) is 35.5. The molecule has 24 heavy (non-hydrogen) atoms. The molecule has 130 valence electrons. The lowest BCUT2D eigenvalue weighted by Crippen LogP contribution is -2.36. The molecule has 1 aromatic rings. The lowest BCUT2D eigenvalue weighted by Gasteiger charge is -2.23. The van der Waals surface area contributed by atoms with Gasteiger partial charge in [0.2, 0.25) is 5.91 Å². The number of carbonyl (C=O) groups excluding carboxylic acids is 2. The summed E-state index contributed by atoms with van der Waals surface area (Å²) in [7, 11) is 1.32. The second-order valence-electron chi connectivity index (χ2n) is 5.39. The summed E-state index contributed by atoms with van der Waals surface area (Å²) in [6, 6.07) is 5.91. The monoisotopic (exact) mass is 334 g/mol. The van der Waals surface area contributed by atoms with Gasteiger partial charge in [0, 0.05) is 31.3 Å². The molecule has 1 rings (SSSR count). The van der Waals surface area contributed by atoms with Crippen LogP contribution in [0.1, 0.15) is 25.8 Å². The fourth-order valence-electron chi connectivity index (χ4n) is 2.15. The van der Waals surface area contributed by atoms with E-state index in [4.69, 9.17) is 0 Å². The quantitative estimate of drug-likeness (QED) is 0.315. The molecule has 1 atom stereocenters. The highest BCUT2D eigenvalue weighted by atomic mass is 16.6. The minimum absolute atomic E-state index is 0.00186. The molecule has 0 saturated heterocycles. The van der Waals surface area contributed by atoms with Crippen molar-refractivity contribution < 1.29 is 19.2 Å². The molecule has 7 heteroatoms. The van der Waals surface area contributed by atoms with Gasteiger partial charge in [-0.3, -0.25) is 19.7 Å². The molecule has 0 saturated carbocycles. The predicted molar refractivity (Wildman–Crippen MR) is 90.2 cm³/mol. The fourth-order valence-corrected chi connectivity index (χ4v) is 2.15. The zero-order chi connectivity index (χ0) is 18.1. The topological polar surface area (TPSA) is 89.8 Å². The number of carbonyl (C=O) groups is 2. The highest BCUT2D eigenvalue weighted by molar-refractivity contribution is 5.92. The molecule has 0 fully saturated rings. The number of rotatable bonds is 8. The first-order valence-corrected chi connectivity index (χ1v) is 7.68. The first kappa shape index (κ1) is 19.3. The lowest BCUT2D eigenvalue weighted by molar-refractivity contribution is -0.384. The van der Waals surface area contributed by atoms with Crippen LogP contribution in [0.4, 0.5) is 5.69 Å². The van der Waals surface area contributed by atoms with Gasteiger partial charge < -0.3 is 9.64 Å². The number of ether oxygens (including phenoxy) is 1. The van der Waals surface area contributed by atoms with Gasteiger partial charge in [-0.15, -0.1) is 0 Å². The van der Waals surface area contributed by atoms with Crippen molar-refractivity contribution in [3.63, 3.8) is 0 Å². The molecular formula is C17H22N2O5. The molecule has 0 aliphatic carbocycles. The summed E-state index contributed by atoms with van der Waals surface area (Å²) in [5.74, 6) is -0.979. The zero-order valence-electron chi connectivity index (χ0n) is 14.1. The van der Waals surface area contributed by atoms with Gasteiger partial charge in [-0.05, 0) is 30.2 Å². The maximum absolute atomic E-state index is 12.3. The van der Waals surface area contributed by atoms with Gasteiger partial charge in [0.1, 0.15) is 0 Å². The van der Waals surface area contributed by atoms with Crippen LogP contribution in [0, 0.1) is 16.0 Å². The van der Waals surface area contributed by atoms with Crippen molar-refractivity contribution in [2.45, 2.75) is 20.3 Å². The van der Waals surface area contributed by atoms with E-state index in [0.717, 1.165) is 6.42 Å². The van der Waals surface area contributed by atoms with E-state index in [1.165, 1.54) is 25.3 Å². The van der Waals surface area contributed by atoms with E-state index in [1.807, 2.05) is 6.92 Å². The van der Waals surface area contributed by atoms with Crippen LogP contribution in [0.2, 0.25) is 0 Å². The maximum Gasteiger partial charge on any atom is 0.310 e. The second-order valence-corrected chi connectivity index (χ2v) is 5.39. The molecule has 7 nitrogen and oxygen atoms in total. The Balaban J connectivity index is 2.76. The van der Waals surface area contributed by atoms with E-state index in [1.54, 1.807) is 30.0 Å². The molecule has 0 aliphatic heterocycles. The van der Waals surface area contributed by atoms with Crippen LogP contribution in [0.5, 0.6) is 0 Å². The molecule has 1 amide bonds. The fraction of sp³-hybridized carbons (Fsp3) is 0.412. The minimum atomic E-state index is -0.476. The Hall–Kier alpha value is -2.70. The summed E-state index contributed by atoms with van der Waals surface area (Å²) in [5.41, 5.74) is 0.685. The molecular weight excluding hydrogens is 312 g/mol. The number of methoxy groups -OCH3 is 1. The third-order valence-corrected chi connectivity index (χ3v) is 3.43. The number of nitro benzene ring substituents is 1. The van der Waals surface area contributed by atoms with Gasteiger partial charge in [-0.1, -0.05) is 13.8 Å². The SMILES string of the molecule is CCCN(CC(C)C(=O)OC)C(=O)/C=C/c1ccc([N+](=O)[O-])cc1. The second kappa shape index (κ2) is 9.44. The molecule has 0 radical (unpaired) electrons. The largest absolute Gasteiger partial charge is 0.469 e. The number of amides is 1. The van der Waals surface area contributed by atoms with Crippen molar-refractivity contribution in [2.75, 3.05) is 20.2 Å². The standard InChI is InChI=1S/C17H22N2O5/c1-4-11-18(12-13(2)17(21)24-3)16(20)10-7-14-5-8-15(9-6-14)19(22)23/h5-10,13H,4,11-12H2,1-3H3/b10-7+. The van der Waals surface area contributed by atoms with E-state index in [0.29, 0.717) is 12.1 Å². The van der Waals surface area contributed by atoms with Gasteiger partial charge in [-0.2, -0.15) is 0 Å². The Morgan fingerprint density at radius 1 is 1.33 bits per heavy atom. The Morgan fingerprint density at radius 2 is 1.96 bits per heavy atom. The van der Waals surface area contributed by atoms with Crippen LogP contribution in [0.3, 0.4) is 0 Å². The molecule has 0 aromatic heterocycles. The van der Waals surface area contributed by atoms with Gasteiger partial charge in [0.15, 0.2) is 0 Å². The predicted octanol–water partition coefficient (Wildman–Crippen LogP) is 2.66. The Morgan fingerprint density at radius 3 is 2.46 bits per heavy atom. The number of non-ortho nitro benzene ring substituents is 1. The van der Waals surface area contributed by atoms with Crippen LogP contribution >= 0.6 is 0 Å². The highest BCUT2D eigenvalue weighted by Gasteiger charge is 2.19. The molecule has 1 aromatic carbocycles. The normalized spacial score (nSPS) is 12.0. The Kier molecular flexibility index (Phi) is 7.61. The van der Waals surface area contributed by atoms with Crippen molar-refractivity contribution in [3.8, 4) is 0 Å². The summed E-state index contributed by atoms with van der Waals surface area (Å²) in [6.45, 7) is 4.47. The van der Waals surface area contributed by atoms with Gasteiger partial charge in [0.05, 0.1) is 18.0 Å². The summed E-state index contributed by atoms with van der Waals surface area (Å²) in [5, 5.41) is 10.6. The molecule has 1 unspecified atom stereocenters. The van der Waals surface area contributed by atoms with E-state index in [9.17, 15) is 19.7 Å². The third-order valence-electron chi connectivity index (χ3n) is 3.43. The molecule has 0 aliphatic rings. The number of nitrogens with zero attached hydrogens (tertiary/aromatic N) is 2. The average Bonchev–Trinajstić information content (AvgIpc) is 2.58. The van der Waals surface area contributed by atoms with E-state index >= 15 is 0 Å². The third kappa shape index (κ3) is 5.83. The molecule has 0 bridgehead atoms. The Labute approximate surface area is 141 Å². The van der Waals surface area contributed by atoms with Crippen LogP contribution in [-0.2, 0) is 14.3 Å². The van der Waals surface area contributed by atoms with Crippen LogP contribution in [0.15, 0.2) is 30.3 Å². The van der Waals surface area contributed by atoms with Crippen molar-refractivity contribution in [1.29, 1.82) is 0 Å². The van der Waals surface area contributed by atoms with Crippen LogP contribution < -0.4 is 0 Å².